The first-order chi connectivity index (χ1) is 7.74. The minimum absolute atomic E-state index is 0.251. The fraction of sp³-hybridized carbons (Fsp3) is 1.00. The van der Waals surface area contributed by atoms with Gasteiger partial charge in [-0.1, -0.05) is 12.8 Å². The van der Waals surface area contributed by atoms with Crippen LogP contribution in [0.15, 0.2) is 0 Å². The molecule has 0 aliphatic heterocycles. The summed E-state index contributed by atoms with van der Waals surface area (Å²) < 4.78 is 11.1. The molecule has 0 aromatic carbocycles. The maximum Gasteiger partial charge on any atom is 0.0986 e. The van der Waals surface area contributed by atoms with Crippen LogP contribution in [0.4, 0.5) is 0 Å². The van der Waals surface area contributed by atoms with Gasteiger partial charge in [0.05, 0.1) is 12.2 Å². The van der Waals surface area contributed by atoms with E-state index in [2.05, 4.69) is 12.2 Å². The van der Waals surface area contributed by atoms with Crippen molar-refractivity contribution in [2.45, 2.75) is 63.8 Å². The van der Waals surface area contributed by atoms with Crippen molar-refractivity contribution in [3.05, 3.63) is 0 Å². The number of ether oxygens (including phenoxy) is 2. The van der Waals surface area contributed by atoms with E-state index >= 15 is 0 Å². The van der Waals surface area contributed by atoms with Crippen LogP contribution in [0.3, 0.4) is 0 Å². The van der Waals surface area contributed by atoms with Gasteiger partial charge in [0, 0.05) is 25.8 Å². The van der Waals surface area contributed by atoms with Crippen molar-refractivity contribution in [3.63, 3.8) is 0 Å². The van der Waals surface area contributed by atoms with E-state index < -0.39 is 0 Å². The van der Waals surface area contributed by atoms with Crippen LogP contribution in [0.1, 0.15) is 39.5 Å². The van der Waals surface area contributed by atoms with E-state index in [1.54, 1.807) is 7.11 Å². The Morgan fingerprint density at radius 1 is 1.38 bits per heavy atom. The zero-order valence-corrected chi connectivity index (χ0v) is 10.7. The Hall–Kier alpha value is -0.120. The van der Waals surface area contributed by atoms with Crippen molar-refractivity contribution in [2.24, 2.45) is 5.92 Å². The van der Waals surface area contributed by atoms with Crippen LogP contribution >= 0.6 is 0 Å². The summed E-state index contributed by atoms with van der Waals surface area (Å²) in [6.07, 6.45) is 5.85. The van der Waals surface area contributed by atoms with Gasteiger partial charge in [0.1, 0.15) is 0 Å². The van der Waals surface area contributed by atoms with Crippen LogP contribution in [0.2, 0.25) is 0 Å². The molecule has 0 aromatic heterocycles. The van der Waals surface area contributed by atoms with Crippen LogP contribution in [0, 0.1) is 5.92 Å². The highest BCUT2D eigenvalue weighted by atomic mass is 16.5. The predicted molar refractivity (Wildman–Crippen MR) is 64.6 cm³/mol. The number of hydrogen-bond acceptors (Lipinski definition) is 3. The minimum Gasteiger partial charge on any atom is -0.377 e. The monoisotopic (exact) mass is 227 g/mol. The van der Waals surface area contributed by atoms with Crippen LogP contribution in [-0.4, -0.2) is 38.0 Å². The molecule has 2 rings (SSSR count). The maximum absolute atomic E-state index is 5.62. The highest BCUT2D eigenvalue weighted by Gasteiger charge is 2.42. The summed E-state index contributed by atoms with van der Waals surface area (Å²) >= 11 is 0. The van der Waals surface area contributed by atoms with E-state index in [0.717, 1.165) is 18.9 Å². The Morgan fingerprint density at radius 3 is 2.69 bits per heavy atom. The van der Waals surface area contributed by atoms with Crippen molar-refractivity contribution in [1.82, 2.24) is 5.32 Å². The number of nitrogens with one attached hydrogen (secondary N) is 1. The van der Waals surface area contributed by atoms with Crippen molar-refractivity contribution in [1.29, 1.82) is 0 Å². The third-order valence-corrected chi connectivity index (χ3v) is 3.78. The smallest absolute Gasteiger partial charge is 0.0986 e. The number of rotatable bonds is 7. The van der Waals surface area contributed by atoms with Gasteiger partial charge in [0.2, 0.25) is 0 Å². The van der Waals surface area contributed by atoms with Gasteiger partial charge in [-0.3, -0.25) is 0 Å². The Kier molecular flexibility index (Phi) is 4.22. The first-order valence-corrected chi connectivity index (χ1v) is 6.65. The molecule has 2 aliphatic rings. The van der Waals surface area contributed by atoms with E-state index in [1.165, 1.54) is 19.3 Å². The summed E-state index contributed by atoms with van der Waals surface area (Å²) in [6, 6.07) is 1.12. The SMILES string of the molecule is CCOC1CC(NC(C)CC2CC2)C1OC. The molecule has 4 unspecified atom stereocenters. The van der Waals surface area contributed by atoms with Crippen LogP contribution in [0.5, 0.6) is 0 Å². The van der Waals surface area contributed by atoms with Crippen molar-refractivity contribution >= 4 is 0 Å². The molecular weight excluding hydrogens is 202 g/mol. The van der Waals surface area contributed by atoms with Crippen LogP contribution < -0.4 is 5.32 Å². The Morgan fingerprint density at radius 2 is 2.12 bits per heavy atom. The first-order valence-electron chi connectivity index (χ1n) is 6.65. The zero-order chi connectivity index (χ0) is 11.5. The molecule has 0 heterocycles. The molecule has 0 saturated heterocycles. The maximum atomic E-state index is 5.62. The average Bonchev–Trinajstić information content (AvgIpc) is 3.00. The molecule has 0 amide bonds. The molecule has 94 valence electrons. The third-order valence-electron chi connectivity index (χ3n) is 3.78. The normalized spacial score (nSPS) is 35.8. The molecule has 2 fully saturated rings. The fourth-order valence-corrected chi connectivity index (χ4v) is 2.72. The van der Waals surface area contributed by atoms with Crippen molar-refractivity contribution in [3.8, 4) is 0 Å². The van der Waals surface area contributed by atoms with E-state index in [4.69, 9.17) is 9.47 Å². The molecule has 2 aliphatic carbocycles. The predicted octanol–water partition coefficient (Wildman–Crippen LogP) is 1.96. The van der Waals surface area contributed by atoms with Gasteiger partial charge in [-0.2, -0.15) is 0 Å². The molecule has 0 aromatic rings. The van der Waals surface area contributed by atoms with Gasteiger partial charge in [-0.05, 0) is 32.6 Å². The highest BCUT2D eigenvalue weighted by molar-refractivity contribution is 4.98. The lowest BCUT2D eigenvalue weighted by Gasteiger charge is -2.44. The summed E-state index contributed by atoms with van der Waals surface area (Å²) in [6.45, 7) is 5.12. The Balaban J connectivity index is 1.69. The van der Waals surface area contributed by atoms with E-state index in [1.807, 2.05) is 6.92 Å². The van der Waals surface area contributed by atoms with Gasteiger partial charge >= 0.3 is 0 Å². The lowest BCUT2D eigenvalue weighted by Crippen LogP contribution is -2.61. The molecule has 0 bridgehead atoms. The highest BCUT2D eigenvalue weighted by Crippen LogP contribution is 2.34. The van der Waals surface area contributed by atoms with Gasteiger partial charge in [0.25, 0.3) is 0 Å². The molecule has 1 N–H and O–H groups in total. The molecule has 0 radical (unpaired) electrons. The minimum atomic E-state index is 0.251. The molecule has 16 heavy (non-hydrogen) atoms. The van der Waals surface area contributed by atoms with Gasteiger partial charge in [0.15, 0.2) is 0 Å². The molecule has 3 heteroatoms. The quantitative estimate of drug-likeness (QED) is 0.721. The second-order valence-electron chi connectivity index (χ2n) is 5.28. The standard InChI is InChI=1S/C13H25NO2/c1-4-16-12-8-11(13(12)15-3)14-9(2)7-10-5-6-10/h9-14H,4-8H2,1-3H3. The molecule has 0 spiro atoms. The largest absolute Gasteiger partial charge is 0.377 e. The molecule has 4 atom stereocenters. The number of methoxy groups -OCH3 is 1. The summed E-state index contributed by atoms with van der Waals surface area (Å²) in [5, 5.41) is 3.67. The van der Waals surface area contributed by atoms with E-state index in [0.29, 0.717) is 18.2 Å². The third kappa shape index (κ3) is 2.96. The lowest BCUT2D eigenvalue weighted by molar-refractivity contribution is -0.133. The van der Waals surface area contributed by atoms with Gasteiger partial charge in [-0.15, -0.1) is 0 Å². The lowest BCUT2D eigenvalue weighted by atomic mass is 9.84. The summed E-state index contributed by atoms with van der Waals surface area (Å²) in [4.78, 5) is 0. The van der Waals surface area contributed by atoms with E-state index in [-0.39, 0.29) is 6.10 Å². The number of hydrogen-bond donors (Lipinski definition) is 1. The average molecular weight is 227 g/mol. The van der Waals surface area contributed by atoms with Crippen molar-refractivity contribution in [2.75, 3.05) is 13.7 Å². The van der Waals surface area contributed by atoms with Gasteiger partial charge < -0.3 is 14.8 Å². The summed E-state index contributed by atoms with van der Waals surface area (Å²) in [5.41, 5.74) is 0. The molecule has 2 saturated carbocycles. The van der Waals surface area contributed by atoms with E-state index in [9.17, 15) is 0 Å². The summed E-state index contributed by atoms with van der Waals surface area (Å²) in [7, 11) is 1.79. The zero-order valence-electron chi connectivity index (χ0n) is 10.7. The topological polar surface area (TPSA) is 30.5 Å². The Labute approximate surface area is 98.9 Å². The second kappa shape index (κ2) is 5.48. The van der Waals surface area contributed by atoms with Crippen LogP contribution in [0.25, 0.3) is 0 Å². The van der Waals surface area contributed by atoms with Crippen LogP contribution in [-0.2, 0) is 9.47 Å². The van der Waals surface area contributed by atoms with Gasteiger partial charge in [-0.25, -0.2) is 0 Å². The second-order valence-corrected chi connectivity index (χ2v) is 5.28. The Bertz CT molecular complexity index is 218. The molecular formula is C13H25NO2. The summed E-state index contributed by atoms with van der Waals surface area (Å²) in [5.74, 6) is 0.992. The molecule has 3 nitrogen and oxygen atoms in total. The van der Waals surface area contributed by atoms with Crippen molar-refractivity contribution < 1.29 is 9.47 Å². The first kappa shape index (κ1) is 12.3. The fourth-order valence-electron chi connectivity index (χ4n) is 2.72.